The van der Waals surface area contributed by atoms with Gasteiger partial charge in [-0.1, -0.05) is 12.1 Å². The van der Waals surface area contributed by atoms with Crippen LogP contribution in [0.3, 0.4) is 0 Å². The highest BCUT2D eigenvalue weighted by molar-refractivity contribution is 7.90. The van der Waals surface area contributed by atoms with E-state index in [1.54, 1.807) is 0 Å². The first-order valence-electron chi connectivity index (χ1n) is 8.65. The van der Waals surface area contributed by atoms with Crippen LogP contribution < -0.4 is 10.9 Å². The van der Waals surface area contributed by atoms with Gasteiger partial charge in [-0.3, -0.25) is 4.79 Å². The molecule has 2 aromatic carbocycles. The summed E-state index contributed by atoms with van der Waals surface area (Å²) >= 11 is 0. The molecule has 0 saturated carbocycles. The van der Waals surface area contributed by atoms with Crippen molar-refractivity contribution in [3.8, 4) is 11.1 Å². The lowest BCUT2D eigenvalue weighted by Gasteiger charge is -2.16. The molecule has 1 heterocycles. The number of anilines is 2. The van der Waals surface area contributed by atoms with E-state index >= 15 is 0 Å². The van der Waals surface area contributed by atoms with Crippen molar-refractivity contribution in [3.63, 3.8) is 0 Å². The third-order valence-corrected chi connectivity index (χ3v) is 5.35. The van der Waals surface area contributed by atoms with Crippen LogP contribution >= 0.6 is 0 Å². The first kappa shape index (κ1) is 23.3. The van der Waals surface area contributed by atoms with Gasteiger partial charge in [-0.15, -0.1) is 0 Å². The number of nitrogens with zero attached hydrogens (tertiary/aromatic N) is 2. The van der Waals surface area contributed by atoms with E-state index in [4.69, 9.17) is 0 Å². The van der Waals surface area contributed by atoms with Crippen molar-refractivity contribution in [1.29, 1.82) is 0 Å². The predicted molar refractivity (Wildman–Crippen MR) is 103 cm³/mol. The minimum atomic E-state index is -4.82. The molecule has 1 aromatic heterocycles. The van der Waals surface area contributed by atoms with E-state index in [9.17, 15) is 39.6 Å². The van der Waals surface area contributed by atoms with Gasteiger partial charge in [-0.25, -0.2) is 26.3 Å². The molecule has 1 N–H and O–H groups in total. The van der Waals surface area contributed by atoms with Crippen molar-refractivity contribution in [1.82, 2.24) is 9.78 Å². The molecule has 0 spiro atoms. The molecule has 170 valence electrons. The SMILES string of the molecule is CS(=O)(=O)c1ccc(-c2cnn(CC(F)(F)F)c(=O)c2Nc2cc(F)cc(F)c2F)cc1. The summed E-state index contributed by atoms with van der Waals surface area (Å²) < 4.78 is 103. The average Bonchev–Trinajstić information content (AvgIpc) is 2.67. The fourth-order valence-corrected chi connectivity index (χ4v) is 3.40. The Morgan fingerprint density at radius 1 is 1.06 bits per heavy atom. The van der Waals surface area contributed by atoms with Gasteiger partial charge in [0.25, 0.3) is 5.56 Å². The Bertz CT molecular complexity index is 1340. The normalized spacial score (nSPS) is 12.1. The maximum atomic E-state index is 14.1. The maximum absolute atomic E-state index is 14.1. The molecule has 6 nitrogen and oxygen atoms in total. The second-order valence-corrected chi connectivity index (χ2v) is 8.70. The molecule has 0 aliphatic rings. The Morgan fingerprint density at radius 2 is 1.69 bits per heavy atom. The molecule has 0 saturated heterocycles. The van der Waals surface area contributed by atoms with Crippen LogP contribution in [0.5, 0.6) is 0 Å². The molecular weight excluding hydrogens is 464 g/mol. The molecule has 0 aliphatic carbocycles. The van der Waals surface area contributed by atoms with Gasteiger partial charge in [0, 0.05) is 24.0 Å². The highest BCUT2D eigenvalue weighted by Gasteiger charge is 2.30. The van der Waals surface area contributed by atoms with Crippen molar-refractivity contribution in [3.05, 3.63) is 70.4 Å². The Labute approximate surface area is 177 Å². The molecule has 3 aromatic rings. The van der Waals surface area contributed by atoms with Gasteiger partial charge in [0.15, 0.2) is 21.5 Å². The number of alkyl halides is 3. The largest absolute Gasteiger partial charge is 0.408 e. The Balaban J connectivity index is 2.20. The van der Waals surface area contributed by atoms with E-state index < -0.39 is 56.9 Å². The van der Waals surface area contributed by atoms with Crippen molar-refractivity contribution < 1.29 is 34.8 Å². The summed E-state index contributed by atoms with van der Waals surface area (Å²) in [5, 5.41) is 5.60. The minimum Gasteiger partial charge on any atom is -0.348 e. The van der Waals surface area contributed by atoms with E-state index in [-0.39, 0.29) is 26.8 Å². The summed E-state index contributed by atoms with van der Waals surface area (Å²) in [5.74, 6) is -4.35. The lowest BCUT2D eigenvalue weighted by Crippen LogP contribution is -2.31. The van der Waals surface area contributed by atoms with Crippen LogP contribution in [-0.4, -0.2) is 30.6 Å². The second-order valence-electron chi connectivity index (χ2n) is 6.68. The molecule has 13 heteroatoms. The number of halogens is 6. The third kappa shape index (κ3) is 5.10. The molecular formula is C19H13F6N3O3S. The van der Waals surface area contributed by atoms with Crippen molar-refractivity contribution in [2.45, 2.75) is 17.6 Å². The highest BCUT2D eigenvalue weighted by Crippen LogP contribution is 2.30. The average molecular weight is 477 g/mol. The number of rotatable bonds is 5. The standard InChI is InChI=1S/C19H13F6N3O3S/c1-32(30,31)12-4-2-10(3-5-12)13-8-26-28(9-19(23,24)25)18(29)17(13)27-15-7-11(20)6-14(21)16(15)22/h2-8,27H,9H2,1H3. The fourth-order valence-electron chi connectivity index (χ4n) is 2.77. The summed E-state index contributed by atoms with van der Waals surface area (Å²) in [5.41, 5.74) is -2.87. The zero-order valence-corrected chi connectivity index (χ0v) is 16.9. The maximum Gasteiger partial charge on any atom is 0.408 e. The van der Waals surface area contributed by atoms with Crippen molar-refractivity contribution >= 4 is 21.2 Å². The molecule has 0 atom stereocenters. The molecule has 0 bridgehead atoms. The molecule has 0 unspecified atom stereocenters. The van der Waals surface area contributed by atoms with Crippen LogP contribution in [0, 0.1) is 17.5 Å². The smallest absolute Gasteiger partial charge is 0.348 e. The number of hydrogen-bond donors (Lipinski definition) is 1. The van der Waals surface area contributed by atoms with Crippen LogP contribution in [-0.2, 0) is 16.4 Å². The highest BCUT2D eigenvalue weighted by atomic mass is 32.2. The number of benzene rings is 2. The summed E-state index contributed by atoms with van der Waals surface area (Å²) in [6.07, 6.45) is -3.00. The lowest BCUT2D eigenvalue weighted by molar-refractivity contribution is -0.143. The molecule has 0 amide bonds. The van der Waals surface area contributed by atoms with E-state index in [2.05, 4.69) is 10.4 Å². The summed E-state index contributed by atoms with van der Waals surface area (Å²) in [6.45, 7) is -1.77. The van der Waals surface area contributed by atoms with Crippen molar-refractivity contribution in [2.24, 2.45) is 0 Å². The van der Waals surface area contributed by atoms with Gasteiger partial charge in [-0.2, -0.15) is 18.3 Å². The van der Waals surface area contributed by atoms with Crippen LogP contribution in [0.4, 0.5) is 37.7 Å². The van der Waals surface area contributed by atoms with Crippen LogP contribution in [0.2, 0.25) is 0 Å². The van der Waals surface area contributed by atoms with Crippen LogP contribution in [0.1, 0.15) is 0 Å². The molecule has 0 aliphatic heterocycles. The quantitative estimate of drug-likeness (QED) is 0.443. The number of aromatic nitrogens is 2. The number of sulfone groups is 1. The van der Waals surface area contributed by atoms with Gasteiger partial charge >= 0.3 is 6.18 Å². The van der Waals surface area contributed by atoms with E-state index in [1.165, 1.54) is 24.3 Å². The topological polar surface area (TPSA) is 81.1 Å². The summed E-state index contributed by atoms with van der Waals surface area (Å²) in [7, 11) is -3.57. The summed E-state index contributed by atoms with van der Waals surface area (Å²) in [6, 6.07) is 5.61. The zero-order chi connectivity index (χ0) is 23.8. The monoisotopic (exact) mass is 477 g/mol. The third-order valence-electron chi connectivity index (χ3n) is 4.22. The Morgan fingerprint density at radius 3 is 2.25 bits per heavy atom. The van der Waals surface area contributed by atoms with Gasteiger partial charge in [0.2, 0.25) is 0 Å². The first-order valence-corrected chi connectivity index (χ1v) is 10.5. The molecule has 0 radical (unpaired) electrons. The first-order chi connectivity index (χ1) is 14.8. The molecule has 3 rings (SSSR count). The van der Waals surface area contributed by atoms with Gasteiger partial charge in [0.1, 0.15) is 18.0 Å². The van der Waals surface area contributed by atoms with E-state index in [0.717, 1.165) is 12.5 Å². The number of nitrogens with one attached hydrogen (secondary N) is 1. The van der Waals surface area contributed by atoms with E-state index in [0.29, 0.717) is 6.07 Å². The second kappa shape index (κ2) is 8.30. The van der Waals surface area contributed by atoms with Crippen LogP contribution in [0.15, 0.2) is 52.3 Å². The van der Waals surface area contributed by atoms with Crippen molar-refractivity contribution in [2.75, 3.05) is 11.6 Å². The Kier molecular flexibility index (Phi) is 6.05. The van der Waals surface area contributed by atoms with Crippen LogP contribution in [0.25, 0.3) is 11.1 Å². The van der Waals surface area contributed by atoms with E-state index in [1.807, 2.05) is 0 Å². The van der Waals surface area contributed by atoms with Gasteiger partial charge in [-0.05, 0) is 17.7 Å². The summed E-state index contributed by atoms with van der Waals surface area (Å²) in [4.78, 5) is 12.6. The Hall–Kier alpha value is -3.35. The lowest BCUT2D eigenvalue weighted by atomic mass is 10.1. The van der Waals surface area contributed by atoms with Gasteiger partial charge < -0.3 is 5.32 Å². The molecule has 0 fully saturated rings. The molecule has 32 heavy (non-hydrogen) atoms. The fraction of sp³-hybridized carbons (Fsp3) is 0.158. The minimum absolute atomic E-state index is 0.0459. The zero-order valence-electron chi connectivity index (χ0n) is 16.0. The predicted octanol–water partition coefficient (Wildman–Crippen LogP) is 4.04. The number of hydrogen-bond acceptors (Lipinski definition) is 5. The van der Waals surface area contributed by atoms with Gasteiger partial charge in [0.05, 0.1) is 16.8 Å².